The van der Waals surface area contributed by atoms with Gasteiger partial charge < -0.3 is 9.47 Å². The number of hydrogen-bond acceptors (Lipinski definition) is 4. The van der Waals surface area contributed by atoms with Crippen LogP contribution in [0.2, 0.25) is 0 Å². The van der Waals surface area contributed by atoms with E-state index in [2.05, 4.69) is 6.92 Å². The smallest absolute Gasteiger partial charge is 0.416 e. The molecular formula is C21H29F3O4. The number of alkyl halides is 3. The zero-order chi connectivity index (χ0) is 20.8. The Morgan fingerprint density at radius 3 is 1.93 bits per heavy atom. The van der Waals surface area contributed by atoms with Crippen molar-refractivity contribution in [3.05, 3.63) is 35.4 Å². The molecule has 1 aromatic rings. The number of esters is 2. The van der Waals surface area contributed by atoms with E-state index in [9.17, 15) is 22.8 Å². The van der Waals surface area contributed by atoms with Crippen LogP contribution in [0.25, 0.3) is 0 Å². The zero-order valence-electron chi connectivity index (χ0n) is 16.4. The Bertz CT molecular complexity index is 582. The standard InChI is InChI=1S/C21H29F3O4/c1-2-3-4-5-6-7-8-15-27-19(25)13-14-20(26)28-16-17-9-11-18(12-10-17)21(22,23)24/h9-12H,2-8,13-16H2,1H3. The molecule has 4 nitrogen and oxygen atoms in total. The molecule has 7 heteroatoms. The highest BCUT2D eigenvalue weighted by atomic mass is 19.4. The molecule has 0 radical (unpaired) electrons. The number of unbranched alkanes of at least 4 members (excludes halogenated alkanes) is 6. The molecule has 0 aliphatic rings. The molecule has 0 saturated carbocycles. The van der Waals surface area contributed by atoms with Crippen molar-refractivity contribution in [2.45, 2.75) is 77.5 Å². The van der Waals surface area contributed by atoms with Crippen LogP contribution in [0.1, 0.15) is 75.8 Å². The van der Waals surface area contributed by atoms with Crippen molar-refractivity contribution in [3.8, 4) is 0 Å². The van der Waals surface area contributed by atoms with E-state index in [1.807, 2.05) is 0 Å². The minimum atomic E-state index is -4.40. The van der Waals surface area contributed by atoms with Crippen LogP contribution in [-0.4, -0.2) is 18.5 Å². The quantitative estimate of drug-likeness (QED) is 0.308. The maximum absolute atomic E-state index is 12.5. The zero-order valence-corrected chi connectivity index (χ0v) is 16.4. The first kappa shape index (κ1) is 24.0. The lowest BCUT2D eigenvalue weighted by Gasteiger charge is -2.08. The number of carbonyl (C=O) groups is 2. The van der Waals surface area contributed by atoms with Gasteiger partial charge in [0, 0.05) is 0 Å². The van der Waals surface area contributed by atoms with Crippen LogP contribution in [0.5, 0.6) is 0 Å². The summed E-state index contributed by atoms with van der Waals surface area (Å²) in [6.07, 6.45) is 3.30. The molecule has 0 amide bonds. The van der Waals surface area contributed by atoms with E-state index in [0.717, 1.165) is 31.4 Å². The molecule has 0 saturated heterocycles. The van der Waals surface area contributed by atoms with Crippen LogP contribution in [0, 0.1) is 0 Å². The Hall–Kier alpha value is -2.05. The van der Waals surface area contributed by atoms with Crippen molar-refractivity contribution < 1.29 is 32.2 Å². The lowest BCUT2D eigenvalue weighted by atomic mass is 10.1. The highest BCUT2D eigenvalue weighted by Gasteiger charge is 2.29. The molecule has 1 rings (SSSR count). The molecule has 0 atom stereocenters. The summed E-state index contributed by atoms with van der Waals surface area (Å²) in [5, 5.41) is 0. The summed E-state index contributed by atoms with van der Waals surface area (Å²) < 4.78 is 47.5. The highest BCUT2D eigenvalue weighted by molar-refractivity contribution is 5.77. The third kappa shape index (κ3) is 10.9. The first-order chi connectivity index (χ1) is 13.3. The fraction of sp³-hybridized carbons (Fsp3) is 0.619. The maximum Gasteiger partial charge on any atom is 0.416 e. The first-order valence-electron chi connectivity index (χ1n) is 9.80. The molecule has 0 heterocycles. The molecule has 0 bridgehead atoms. The largest absolute Gasteiger partial charge is 0.466 e. The molecule has 28 heavy (non-hydrogen) atoms. The van der Waals surface area contributed by atoms with Crippen LogP contribution >= 0.6 is 0 Å². The Balaban J connectivity index is 2.10. The van der Waals surface area contributed by atoms with Crippen LogP contribution in [0.15, 0.2) is 24.3 Å². The number of benzene rings is 1. The van der Waals surface area contributed by atoms with E-state index >= 15 is 0 Å². The second-order valence-corrected chi connectivity index (χ2v) is 6.70. The fourth-order valence-electron chi connectivity index (χ4n) is 2.55. The SMILES string of the molecule is CCCCCCCCCOC(=O)CCC(=O)OCc1ccc(C(F)(F)F)cc1. The fourth-order valence-corrected chi connectivity index (χ4v) is 2.55. The topological polar surface area (TPSA) is 52.6 Å². The van der Waals surface area contributed by atoms with Gasteiger partial charge in [-0.05, 0) is 24.1 Å². The number of ether oxygens (including phenoxy) is 2. The van der Waals surface area contributed by atoms with Crippen LogP contribution in [0.4, 0.5) is 13.2 Å². The molecule has 0 aromatic heterocycles. The average molecular weight is 402 g/mol. The third-order valence-electron chi connectivity index (χ3n) is 4.23. The molecule has 1 aromatic carbocycles. The van der Waals surface area contributed by atoms with E-state index in [1.54, 1.807) is 0 Å². The van der Waals surface area contributed by atoms with E-state index in [1.165, 1.54) is 37.8 Å². The minimum absolute atomic E-state index is 0.0671. The van der Waals surface area contributed by atoms with E-state index in [4.69, 9.17) is 9.47 Å². The predicted octanol–water partition coefficient (Wildman–Crippen LogP) is 5.82. The lowest BCUT2D eigenvalue weighted by Crippen LogP contribution is -2.11. The van der Waals surface area contributed by atoms with Crippen LogP contribution in [0.3, 0.4) is 0 Å². The van der Waals surface area contributed by atoms with E-state index in [-0.39, 0.29) is 19.4 Å². The third-order valence-corrected chi connectivity index (χ3v) is 4.23. The van der Waals surface area contributed by atoms with Gasteiger partial charge >= 0.3 is 18.1 Å². The predicted molar refractivity (Wildman–Crippen MR) is 99.4 cm³/mol. The monoisotopic (exact) mass is 402 g/mol. The van der Waals surface area contributed by atoms with Crippen molar-refractivity contribution in [2.75, 3.05) is 6.61 Å². The van der Waals surface area contributed by atoms with Crippen molar-refractivity contribution in [1.82, 2.24) is 0 Å². The van der Waals surface area contributed by atoms with Gasteiger partial charge in [-0.1, -0.05) is 57.6 Å². The normalized spacial score (nSPS) is 11.3. The van der Waals surface area contributed by atoms with Gasteiger partial charge in [0.25, 0.3) is 0 Å². The van der Waals surface area contributed by atoms with Gasteiger partial charge in [0.1, 0.15) is 6.61 Å². The average Bonchev–Trinajstić information content (AvgIpc) is 2.66. The summed E-state index contributed by atoms with van der Waals surface area (Å²) >= 11 is 0. The first-order valence-corrected chi connectivity index (χ1v) is 9.80. The summed E-state index contributed by atoms with van der Waals surface area (Å²) in [5.74, 6) is -1.04. The van der Waals surface area contributed by atoms with Crippen LogP contribution < -0.4 is 0 Å². The Morgan fingerprint density at radius 1 is 0.821 bits per heavy atom. The van der Waals surface area contributed by atoms with Crippen molar-refractivity contribution in [2.24, 2.45) is 0 Å². The number of carbonyl (C=O) groups excluding carboxylic acids is 2. The molecule has 0 fully saturated rings. The minimum Gasteiger partial charge on any atom is -0.466 e. The van der Waals surface area contributed by atoms with E-state index < -0.39 is 23.7 Å². The highest BCUT2D eigenvalue weighted by Crippen LogP contribution is 2.29. The molecule has 0 spiro atoms. The number of rotatable bonds is 13. The van der Waals surface area contributed by atoms with Crippen molar-refractivity contribution in [1.29, 1.82) is 0 Å². The Labute approximate surface area is 164 Å². The van der Waals surface area contributed by atoms with Gasteiger partial charge in [-0.3, -0.25) is 9.59 Å². The van der Waals surface area contributed by atoms with Gasteiger partial charge in [-0.15, -0.1) is 0 Å². The van der Waals surface area contributed by atoms with Gasteiger partial charge in [0.15, 0.2) is 0 Å². The molecule has 0 N–H and O–H groups in total. The second kappa shape index (κ2) is 13.2. The molecule has 0 unspecified atom stereocenters. The summed E-state index contributed by atoms with van der Waals surface area (Å²) in [6.45, 7) is 2.39. The Kier molecular flexibility index (Phi) is 11.3. The molecular weight excluding hydrogens is 373 g/mol. The van der Waals surface area contributed by atoms with Gasteiger partial charge in [-0.25, -0.2) is 0 Å². The van der Waals surface area contributed by atoms with Crippen molar-refractivity contribution >= 4 is 11.9 Å². The van der Waals surface area contributed by atoms with Gasteiger partial charge in [0.05, 0.1) is 25.0 Å². The summed E-state index contributed by atoms with van der Waals surface area (Å²) in [7, 11) is 0. The number of halogens is 3. The van der Waals surface area contributed by atoms with E-state index in [0.29, 0.717) is 12.2 Å². The molecule has 158 valence electrons. The summed E-state index contributed by atoms with van der Waals surface area (Å²) in [6, 6.07) is 4.38. The molecule has 0 aliphatic heterocycles. The van der Waals surface area contributed by atoms with Gasteiger partial charge in [0.2, 0.25) is 0 Å². The lowest BCUT2D eigenvalue weighted by molar-refractivity contribution is -0.151. The maximum atomic E-state index is 12.5. The summed E-state index contributed by atoms with van der Waals surface area (Å²) in [4.78, 5) is 23.2. The number of hydrogen-bond donors (Lipinski definition) is 0. The second-order valence-electron chi connectivity index (χ2n) is 6.70. The van der Waals surface area contributed by atoms with Gasteiger partial charge in [-0.2, -0.15) is 13.2 Å². The van der Waals surface area contributed by atoms with Crippen molar-refractivity contribution in [3.63, 3.8) is 0 Å². The molecule has 0 aliphatic carbocycles. The Morgan fingerprint density at radius 2 is 1.36 bits per heavy atom. The summed E-state index contributed by atoms with van der Waals surface area (Å²) in [5.41, 5.74) is -0.311. The van der Waals surface area contributed by atoms with Crippen LogP contribution in [-0.2, 0) is 31.8 Å².